The number of nitrogens with one attached hydrogen (secondary N) is 1. The van der Waals surface area contributed by atoms with Crippen LogP contribution in [0.25, 0.3) is 11.0 Å². The molecule has 0 atom stereocenters. The quantitative estimate of drug-likeness (QED) is 0.555. The second kappa shape index (κ2) is 11.6. The van der Waals surface area contributed by atoms with Crippen molar-refractivity contribution in [3.05, 3.63) is 52.6 Å². The number of thiol groups is 1. The summed E-state index contributed by atoms with van der Waals surface area (Å²) in [6, 6.07) is 9.82. The summed E-state index contributed by atoms with van der Waals surface area (Å²) in [4.78, 5) is 14.4. The third-order valence-corrected chi connectivity index (χ3v) is 3.29. The number of aryl methyl sites for hydroxylation is 3. The molecule has 0 unspecified atom stereocenters. The molecule has 0 aliphatic carbocycles. The average molecular weight is 350 g/mol. The molecule has 134 valence electrons. The summed E-state index contributed by atoms with van der Waals surface area (Å²) in [7, 11) is 3.59. The van der Waals surface area contributed by atoms with Crippen LogP contribution in [0.5, 0.6) is 0 Å². The molecule has 0 bridgehead atoms. The predicted octanol–water partition coefficient (Wildman–Crippen LogP) is 4.93. The van der Waals surface area contributed by atoms with Crippen molar-refractivity contribution in [2.24, 2.45) is 14.1 Å². The monoisotopic (exact) mass is 349 g/mol. The van der Waals surface area contributed by atoms with Crippen LogP contribution in [0.2, 0.25) is 0 Å². The number of aromatic amines is 1. The Labute approximate surface area is 150 Å². The Hall–Kier alpha value is -1.88. The molecule has 24 heavy (non-hydrogen) atoms. The van der Waals surface area contributed by atoms with Crippen LogP contribution in [0, 0.1) is 6.92 Å². The van der Waals surface area contributed by atoms with Gasteiger partial charge in [0.05, 0.1) is 16.1 Å². The van der Waals surface area contributed by atoms with Crippen molar-refractivity contribution >= 4 is 23.7 Å². The Morgan fingerprint density at radius 1 is 1.04 bits per heavy atom. The van der Waals surface area contributed by atoms with E-state index >= 15 is 0 Å². The minimum absolute atomic E-state index is 0.0283. The molecule has 0 saturated carbocycles. The van der Waals surface area contributed by atoms with E-state index in [0.717, 1.165) is 16.1 Å². The van der Waals surface area contributed by atoms with Gasteiger partial charge in [-0.3, -0.25) is 9.13 Å². The van der Waals surface area contributed by atoms with Gasteiger partial charge in [-0.05, 0) is 36.8 Å². The fourth-order valence-electron chi connectivity index (χ4n) is 1.94. The molecule has 3 aromatic rings. The maximum atomic E-state index is 11.5. The smallest absolute Gasteiger partial charge is 0.328 e. The van der Waals surface area contributed by atoms with Gasteiger partial charge in [-0.2, -0.15) is 0 Å². The van der Waals surface area contributed by atoms with Gasteiger partial charge >= 0.3 is 5.69 Å². The van der Waals surface area contributed by atoms with E-state index in [-0.39, 0.29) is 5.69 Å². The van der Waals surface area contributed by atoms with Gasteiger partial charge in [0.25, 0.3) is 0 Å². The van der Waals surface area contributed by atoms with Crippen LogP contribution in [0.1, 0.15) is 39.7 Å². The van der Waals surface area contributed by atoms with Crippen LogP contribution < -0.4 is 5.69 Å². The number of hydrogen-bond acceptors (Lipinski definition) is 2. The first kappa shape index (κ1) is 22.1. The van der Waals surface area contributed by atoms with E-state index in [2.05, 4.69) is 31.5 Å². The predicted molar refractivity (Wildman–Crippen MR) is 108 cm³/mol. The SMILES string of the molecule is CC.CCC.Cc1ccc2c(c1)n(C)c(=O)n2C.Sc1ccc[nH]1. The molecule has 4 nitrogen and oxygen atoms in total. The van der Waals surface area contributed by atoms with Crippen molar-refractivity contribution in [1.29, 1.82) is 0 Å². The van der Waals surface area contributed by atoms with E-state index in [4.69, 9.17) is 0 Å². The van der Waals surface area contributed by atoms with Crippen LogP contribution in [-0.2, 0) is 14.1 Å². The molecular weight excluding hydrogens is 318 g/mol. The second-order valence-electron chi connectivity index (χ2n) is 5.16. The summed E-state index contributed by atoms with van der Waals surface area (Å²) >= 11 is 3.98. The van der Waals surface area contributed by atoms with Crippen LogP contribution in [0.3, 0.4) is 0 Å². The Bertz CT molecular complexity index is 755. The zero-order valence-corrected chi connectivity index (χ0v) is 16.8. The van der Waals surface area contributed by atoms with Crippen LogP contribution in [0.4, 0.5) is 0 Å². The first-order valence-corrected chi connectivity index (χ1v) is 8.81. The van der Waals surface area contributed by atoms with Crippen LogP contribution >= 0.6 is 12.6 Å². The van der Waals surface area contributed by atoms with Gasteiger partial charge in [-0.1, -0.05) is 40.2 Å². The summed E-state index contributed by atoms with van der Waals surface area (Å²) in [5.74, 6) is 0. The first-order valence-electron chi connectivity index (χ1n) is 8.36. The molecular formula is C19H31N3OS. The minimum atomic E-state index is 0.0283. The van der Waals surface area contributed by atoms with Gasteiger partial charge < -0.3 is 4.98 Å². The molecule has 0 spiro atoms. The van der Waals surface area contributed by atoms with E-state index < -0.39 is 0 Å². The number of fused-ring (bicyclic) bond motifs is 1. The van der Waals surface area contributed by atoms with E-state index in [9.17, 15) is 4.79 Å². The standard InChI is InChI=1S/C10H12N2O.C4H5NS.C3H8.C2H6/c1-7-4-5-8-9(6-7)12(3)10(13)11(8)2;6-4-2-1-3-5-4;1-3-2;1-2/h4-6H,1-3H3;1-3,5-6H;3H2,1-2H3;1-2H3. The Morgan fingerprint density at radius 2 is 1.58 bits per heavy atom. The molecule has 2 heterocycles. The number of imidazole rings is 1. The molecule has 0 radical (unpaired) electrons. The minimum Gasteiger partial charge on any atom is -0.357 e. The maximum Gasteiger partial charge on any atom is 0.328 e. The Balaban J connectivity index is 0.000000402. The van der Waals surface area contributed by atoms with Crippen molar-refractivity contribution < 1.29 is 0 Å². The van der Waals surface area contributed by atoms with Gasteiger partial charge in [0, 0.05) is 20.3 Å². The van der Waals surface area contributed by atoms with Gasteiger partial charge in [0.15, 0.2) is 0 Å². The lowest BCUT2D eigenvalue weighted by molar-refractivity contribution is 0.795. The lowest BCUT2D eigenvalue weighted by Crippen LogP contribution is -2.19. The number of rotatable bonds is 0. The first-order chi connectivity index (χ1) is 11.4. The molecule has 3 rings (SSSR count). The maximum absolute atomic E-state index is 11.5. The van der Waals surface area contributed by atoms with Crippen molar-refractivity contribution in [1.82, 2.24) is 14.1 Å². The molecule has 1 N–H and O–H groups in total. The van der Waals surface area contributed by atoms with Crippen molar-refractivity contribution in [3.8, 4) is 0 Å². The number of benzene rings is 1. The normalized spacial score (nSPS) is 9.17. The topological polar surface area (TPSA) is 42.7 Å². The third kappa shape index (κ3) is 6.32. The Morgan fingerprint density at radius 3 is 2.00 bits per heavy atom. The van der Waals surface area contributed by atoms with Crippen LogP contribution in [-0.4, -0.2) is 14.1 Å². The Kier molecular flexibility index (Phi) is 10.7. The number of hydrogen-bond donors (Lipinski definition) is 2. The largest absolute Gasteiger partial charge is 0.357 e. The lowest BCUT2D eigenvalue weighted by atomic mass is 10.2. The van der Waals surface area contributed by atoms with Crippen molar-refractivity contribution in [2.75, 3.05) is 0 Å². The van der Waals surface area contributed by atoms with Gasteiger partial charge in [-0.25, -0.2) is 4.79 Å². The fourth-order valence-corrected chi connectivity index (χ4v) is 2.10. The summed E-state index contributed by atoms with van der Waals surface area (Å²) in [6.07, 6.45) is 3.09. The van der Waals surface area contributed by atoms with E-state index in [0.29, 0.717) is 0 Å². The molecule has 5 heteroatoms. The highest BCUT2D eigenvalue weighted by molar-refractivity contribution is 7.80. The molecule has 2 aromatic heterocycles. The van der Waals surface area contributed by atoms with Gasteiger partial charge in [-0.15, -0.1) is 12.6 Å². The summed E-state index contributed by atoms with van der Waals surface area (Å²) in [5.41, 5.74) is 3.18. The van der Waals surface area contributed by atoms with Crippen molar-refractivity contribution in [2.45, 2.75) is 46.1 Å². The molecule has 0 aliphatic heterocycles. The number of H-pyrrole nitrogens is 1. The van der Waals surface area contributed by atoms with Gasteiger partial charge in [0.2, 0.25) is 0 Å². The molecule has 0 aliphatic rings. The average Bonchev–Trinajstić information content (AvgIpc) is 3.13. The van der Waals surface area contributed by atoms with E-state index in [1.165, 1.54) is 12.0 Å². The molecule has 0 fully saturated rings. The lowest BCUT2D eigenvalue weighted by Gasteiger charge is -1.95. The molecule has 0 saturated heterocycles. The molecule has 0 amide bonds. The zero-order chi connectivity index (χ0) is 18.7. The highest BCUT2D eigenvalue weighted by Gasteiger charge is 2.05. The van der Waals surface area contributed by atoms with Crippen LogP contribution in [0.15, 0.2) is 46.3 Å². The van der Waals surface area contributed by atoms with Crippen molar-refractivity contribution in [3.63, 3.8) is 0 Å². The highest BCUT2D eigenvalue weighted by atomic mass is 32.1. The van der Waals surface area contributed by atoms with E-state index in [1.807, 2.05) is 57.3 Å². The molecule has 1 aromatic carbocycles. The summed E-state index contributed by atoms with van der Waals surface area (Å²) in [5, 5.41) is 0.912. The third-order valence-electron chi connectivity index (χ3n) is 3.01. The number of aromatic nitrogens is 3. The van der Waals surface area contributed by atoms with Gasteiger partial charge in [0.1, 0.15) is 0 Å². The second-order valence-corrected chi connectivity index (χ2v) is 5.64. The highest BCUT2D eigenvalue weighted by Crippen LogP contribution is 2.12. The number of nitrogens with zero attached hydrogens (tertiary/aromatic N) is 2. The summed E-state index contributed by atoms with van der Waals surface area (Å²) < 4.78 is 3.33. The van der Waals surface area contributed by atoms with E-state index in [1.54, 1.807) is 23.2 Å². The zero-order valence-electron chi connectivity index (χ0n) is 15.9. The summed E-state index contributed by atoms with van der Waals surface area (Å²) in [6.45, 7) is 10.3. The fraction of sp³-hybridized carbons (Fsp3) is 0.421.